The molecule has 2 N–H and O–H groups in total. The van der Waals surface area contributed by atoms with E-state index in [4.69, 9.17) is 14.6 Å². The van der Waals surface area contributed by atoms with Gasteiger partial charge in [-0.15, -0.1) is 0 Å². The molecule has 0 amide bonds. The minimum atomic E-state index is 0.188. The van der Waals surface area contributed by atoms with Gasteiger partial charge in [0, 0.05) is 33.4 Å². The van der Waals surface area contributed by atoms with E-state index in [1.165, 1.54) is 0 Å². The SMILES string of the molecule is COCCCCOCCNCCO. The third-order valence-electron chi connectivity index (χ3n) is 1.60. The molecular weight excluding hydrogens is 170 g/mol. The monoisotopic (exact) mass is 191 g/mol. The molecule has 0 aromatic carbocycles. The summed E-state index contributed by atoms with van der Waals surface area (Å²) >= 11 is 0. The van der Waals surface area contributed by atoms with Crippen LogP contribution >= 0.6 is 0 Å². The van der Waals surface area contributed by atoms with E-state index in [1.54, 1.807) is 7.11 Å². The Balaban J connectivity index is 2.76. The Morgan fingerprint density at radius 1 is 1.08 bits per heavy atom. The summed E-state index contributed by atoms with van der Waals surface area (Å²) in [5.74, 6) is 0. The number of nitrogens with one attached hydrogen (secondary N) is 1. The zero-order valence-electron chi connectivity index (χ0n) is 8.42. The van der Waals surface area contributed by atoms with Crippen LogP contribution in [0.2, 0.25) is 0 Å². The van der Waals surface area contributed by atoms with Gasteiger partial charge in [0.2, 0.25) is 0 Å². The van der Waals surface area contributed by atoms with Gasteiger partial charge in [-0.3, -0.25) is 0 Å². The van der Waals surface area contributed by atoms with Crippen molar-refractivity contribution in [3.63, 3.8) is 0 Å². The van der Waals surface area contributed by atoms with E-state index < -0.39 is 0 Å². The minimum absolute atomic E-state index is 0.188. The highest BCUT2D eigenvalue weighted by Gasteiger charge is 1.89. The Hall–Kier alpha value is -0.160. The summed E-state index contributed by atoms with van der Waals surface area (Å²) < 4.78 is 10.2. The summed E-state index contributed by atoms with van der Waals surface area (Å²) in [6.07, 6.45) is 2.11. The highest BCUT2D eigenvalue weighted by molar-refractivity contribution is 4.44. The highest BCUT2D eigenvalue weighted by atomic mass is 16.5. The molecule has 13 heavy (non-hydrogen) atoms. The Morgan fingerprint density at radius 2 is 1.85 bits per heavy atom. The fourth-order valence-electron chi connectivity index (χ4n) is 0.901. The minimum Gasteiger partial charge on any atom is -0.395 e. The van der Waals surface area contributed by atoms with Gasteiger partial charge in [-0.25, -0.2) is 0 Å². The molecule has 0 radical (unpaired) electrons. The zero-order chi connectivity index (χ0) is 9.78. The predicted molar refractivity (Wildman–Crippen MR) is 51.9 cm³/mol. The molecule has 4 heteroatoms. The molecule has 0 aliphatic carbocycles. The topological polar surface area (TPSA) is 50.7 Å². The summed E-state index contributed by atoms with van der Waals surface area (Å²) in [4.78, 5) is 0. The predicted octanol–water partition coefficient (Wildman–Crippen LogP) is 0.0115. The average molecular weight is 191 g/mol. The van der Waals surface area contributed by atoms with Gasteiger partial charge in [0.1, 0.15) is 0 Å². The van der Waals surface area contributed by atoms with E-state index in [1.807, 2.05) is 0 Å². The Kier molecular flexibility index (Phi) is 11.7. The van der Waals surface area contributed by atoms with Crippen LogP contribution in [0.5, 0.6) is 0 Å². The van der Waals surface area contributed by atoms with E-state index in [0.29, 0.717) is 13.2 Å². The number of aliphatic hydroxyl groups is 1. The molecule has 0 aromatic heterocycles. The van der Waals surface area contributed by atoms with Gasteiger partial charge in [-0.05, 0) is 12.8 Å². The van der Waals surface area contributed by atoms with E-state index in [-0.39, 0.29) is 6.61 Å². The summed E-state index contributed by atoms with van der Waals surface area (Å²) in [5, 5.41) is 11.5. The average Bonchev–Trinajstić information content (AvgIpc) is 2.16. The fourth-order valence-corrected chi connectivity index (χ4v) is 0.901. The molecule has 0 heterocycles. The molecule has 0 atom stereocenters. The van der Waals surface area contributed by atoms with Crippen molar-refractivity contribution in [1.82, 2.24) is 5.32 Å². The number of methoxy groups -OCH3 is 1. The molecule has 0 fully saturated rings. The molecule has 0 aromatic rings. The second-order valence-corrected chi connectivity index (χ2v) is 2.79. The first-order valence-electron chi connectivity index (χ1n) is 4.80. The maximum Gasteiger partial charge on any atom is 0.0590 e. The first-order valence-corrected chi connectivity index (χ1v) is 4.80. The van der Waals surface area contributed by atoms with Gasteiger partial charge in [0.05, 0.1) is 13.2 Å². The number of hydrogen-bond donors (Lipinski definition) is 2. The van der Waals surface area contributed by atoms with Crippen molar-refractivity contribution in [1.29, 1.82) is 0 Å². The molecule has 0 bridgehead atoms. The summed E-state index contributed by atoms with van der Waals surface area (Å²) in [5.41, 5.74) is 0. The quantitative estimate of drug-likeness (QED) is 0.478. The molecule has 0 spiro atoms. The van der Waals surface area contributed by atoms with Crippen LogP contribution in [0.15, 0.2) is 0 Å². The van der Waals surface area contributed by atoms with Gasteiger partial charge in [0.15, 0.2) is 0 Å². The van der Waals surface area contributed by atoms with E-state index >= 15 is 0 Å². The summed E-state index contributed by atoms with van der Waals surface area (Å²) in [7, 11) is 1.71. The van der Waals surface area contributed by atoms with Crippen LogP contribution in [0.4, 0.5) is 0 Å². The fraction of sp³-hybridized carbons (Fsp3) is 1.00. The molecular formula is C9H21NO3. The Labute approximate surface area is 80.2 Å². The lowest BCUT2D eigenvalue weighted by Crippen LogP contribution is -2.23. The van der Waals surface area contributed by atoms with Gasteiger partial charge in [0.25, 0.3) is 0 Å². The number of rotatable bonds is 10. The first-order chi connectivity index (χ1) is 6.41. The van der Waals surface area contributed by atoms with Gasteiger partial charge >= 0.3 is 0 Å². The van der Waals surface area contributed by atoms with E-state index in [2.05, 4.69) is 5.32 Å². The van der Waals surface area contributed by atoms with Gasteiger partial charge in [-0.2, -0.15) is 0 Å². The van der Waals surface area contributed by atoms with Crippen molar-refractivity contribution >= 4 is 0 Å². The number of aliphatic hydroxyl groups excluding tert-OH is 1. The van der Waals surface area contributed by atoms with Crippen molar-refractivity contribution in [2.45, 2.75) is 12.8 Å². The molecule has 0 rings (SSSR count). The van der Waals surface area contributed by atoms with E-state index in [9.17, 15) is 0 Å². The lowest BCUT2D eigenvalue weighted by Gasteiger charge is -2.04. The third kappa shape index (κ3) is 11.8. The van der Waals surface area contributed by atoms with Crippen LogP contribution in [-0.2, 0) is 9.47 Å². The maximum absolute atomic E-state index is 8.45. The second-order valence-electron chi connectivity index (χ2n) is 2.79. The smallest absolute Gasteiger partial charge is 0.0590 e. The first kappa shape index (κ1) is 12.8. The largest absolute Gasteiger partial charge is 0.395 e. The van der Waals surface area contributed by atoms with Crippen molar-refractivity contribution in [2.24, 2.45) is 0 Å². The second kappa shape index (κ2) is 11.8. The van der Waals surface area contributed by atoms with Crippen molar-refractivity contribution in [3.05, 3.63) is 0 Å². The summed E-state index contributed by atoms with van der Waals surface area (Å²) in [6.45, 7) is 3.97. The van der Waals surface area contributed by atoms with Crippen LogP contribution in [0.25, 0.3) is 0 Å². The standard InChI is InChI=1S/C9H21NO3/c1-12-7-2-3-8-13-9-5-10-4-6-11/h10-11H,2-9H2,1H3. The number of hydrogen-bond acceptors (Lipinski definition) is 4. The molecule has 0 aliphatic rings. The Bertz CT molecular complexity index is 80.9. The molecule has 0 aliphatic heterocycles. The van der Waals surface area contributed by atoms with Crippen LogP contribution < -0.4 is 5.32 Å². The van der Waals surface area contributed by atoms with Crippen LogP contribution in [0, 0.1) is 0 Å². The molecule has 80 valence electrons. The van der Waals surface area contributed by atoms with Gasteiger partial charge < -0.3 is 19.9 Å². The maximum atomic E-state index is 8.45. The summed E-state index contributed by atoms with van der Waals surface area (Å²) in [6, 6.07) is 0. The van der Waals surface area contributed by atoms with Crippen LogP contribution in [-0.4, -0.2) is 51.7 Å². The van der Waals surface area contributed by atoms with Gasteiger partial charge in [-0.1, -0.05) is 0 Å². The number of unbranched alkanes of at least 4 members (excludes halogenated alkanes) is 1. The van der Waals surface area contributed by atoms with Crippen LogP contribution in [0.1, 0.15) is 12.8 Å². The molecule has 0 saturated heterocycles. The highest BCUT2D eigenvalue weighted by Crippen LogP contribution is 1.89. The van der Waals surface area contributed by atoms with E-state index in [0.717, 1.165) is 32.6 Å². The molecule has 0 saturated carbocycles. The van der Waals surface area contributed by atoms with Crippen molar-refractivity contribution < 1.29 is 14.6 Å². The lowest BCUT2D eigenvalue weighted by molar-refractivity contribution is 0.119. The number of ether oxygens (including phenoxy) is 2. The Morgan fingerprint density at radius 3 is 2.54 bits per heavy atom. The third-order valence-corrected chi connectivity index (χ3v) is 1.60. The van der Waals surface area contributed by atoms with Crippen LogP contribution in [0.3, 0.4) is 0 Å². The van der Waals surface area contributed by atoms with Crippen molar-refractivity contribution in [3.8, 4) is 0 Å². The zero-order valence-corrected chi connectivity index (χ0v) is 8.42. The molecule has 0 unspecified atom stereocenters. The molecule has 4 nitrogen and oxygen atoms in total. The normalized spacial score (nSPS) is 10.6. The lowest BCUT2D eigenvalue weighted by atomic mass is 10.3. The van der Waals surface area contributed by atoms with Crippen molar-refractivity contribution in [2.75, 3.05) is 46.6 Å².